The van der Waals surface area contributed by atoms with E-state index in [0.29, 0.717) is 0 Å². The molecule has 0 aromatic carbocycles. The number of nitrogens with zero attached hydrogens (tertiary/aromatic N) is 2. The van der Waals surface area contributed by atoms with Gasteiger partial charge >= 0.3 is 5.82 Å². The van der Waals surface area contributed by atoms with Crippen molar-refractivity contribution < 1.29 is 10.0 Å². The van der Waals surface area contributed by atoms with Crippen molar-refractivity contribution in [2.24, 2.45) is 5.73 Å². The van der Waals surface area contributed by atoms with E-state index < -0.39 is 11.0 Å². The van der Waals surface area contributed by atoms with E-state index in [0.717, 1.165) is 11.1 Å². The average molecular weight is 222 g/mol. The maximum atomic E-state index is 10.4. The van der Waals surface area contributed by atoms with Crippen molar-refractivity contribution in [2.75, 3.05) is 12.4 Å². The SMILES string of the molecule is C=C(N(/C=C\N)CC(O)CCl)[N+](=O)[O-]. The van der Waals surface area contributed by atoms with Crippen LogP contribution in [0.2, 0.25) is 0 Å². The van der Waals surface area contributed by atoms with Gasteiger partial charge in [-0.1, -0.05) is 0 Å². The lowest BCUT2D eigenvalue weighted by atomic mass is 10.3. The van der Waals surface area contributed by atoms with E-state index in [1.165, 1.54) is 6.20 Å². The summed E-state index contributed by atoms with van der Waals surface area (Å²) >= 11 is 5.35. The lowest BCUT2D eigenvalue weighted by molar-refractivity contribution is -0.443. The fourth-order valence-corrected chi connectivity index (χ4v) is 0.834. The van der Waals surface area contributed by atoms with E-state index in [-0.39, 0.29) is 18.2 Å². The minimum atomic E-state index is -0.871. The summed E-state index contributed by atoms with van der Waals surface area (Å²) in [5, 5.41) is 19.5. The number of halogens is 1. The Bertz CT molecular complexity index is 244. The van der Waals surface area contributed by atoms with Gasteiger partial charge in [0.1, 0.15) is 18.8 Å². The Kier molecular flexibility index (Phi) is 5.66. The van der Waals surface area contributed by atoms with E-state index in [1.807, 2.05) is 0 Å². The molecule has 0 fully saturated rings. The molecule has 0 saturated carbocycles. The molecule has 0 aromatic heterocycles. The van der Waals surface area contributed by atoms with Crippen LogP contribution in [0.15, 0.2) is 24.8 Å². The maximum Gasteiger partial charge on any atom is 0.315 e. The predicted molar refractivity (Wildman–Crippen MR) is 52.9 cm³/mol. The third kappa shape index (κ3) is 4.11. The van der Waals surface area contributed by atoms with Crippen LogP contribution in [0.5, 0.6) is 0 Å². The molecule has 1 unspecified atom stereocenters. The lowest BCUT2D eigenvalue weighted by Crippen LogP contribution is -2.31. The van der Waals surface area contributed by atoms with Crippen molar-refractivity contribution in [3.63, 3.8) is 0 Å². The molecular formula is C7H12ClN3O3. The number of hydrogen-bond donors (Lipinski definition) is 2. The second-order valence-electron chi connectivity index (χ2n) is 2.48. The summed E-state index contributed by atoms with van der Waals surface area (Å²) in [4.78, 5) is 10.8. The molecule has 1 atom stereocenters. The Labute approximate surface area is 86.4 Å². The van der Waals surface area contributed by atoms with Gasteiger partial charge in [0, 0.05) is 6.20 Å². The third-order valence-electron chi connectivity index (χ3n) is 1.39. The van der Waals surface area contributed by atoms with Crippen LogP contribution in [-0.4, -0.2) is 33.5 Å². The summed E-state index contributed by atoms with van der Waals surface area (Å²) in [5.41, 5.74) is 5.08. The van der Waals surface area contributed by atoms with Gasteiger partial charge in [0.2, 0.25) is 0 Å². The third-order valence-corrected chi connectivity index (χ3v) is 1.75. The molecule has 0 bridgehead atoms. The Morgan fingerprint density at radius 2 is 2.43 bits per heavy atom. The summed E-state index contributed by atoms with van der Waals surface area (Å²) in [6.45, 7) is 3.21. The number of nitrogens with two attached hydrogens (primary N) is 1. The molecular weight excluding hydrogens is 210 g/mol. The van der Waals surface area contributed by atoms with Gasteiger partial charge in [-0.25, -0.2) is 4.90 Å². The number of nitro groups is 1. The molecule has 0 saturated heterocycles. The molecule has 0 aliphatic rings. The van der Waals surface area contributed by atoms with Crippen LogP contribution in [0.1, 0.15) is 0 Å². The van der Waals surface area contributed by atoms with E-state index in [9.17, 15) is 15.2 Å². The molecule has 0 aliphatic carbocycles. The summed E-state index contributed by atoms with van der Waals surface area (Å²) < 4.78 is 0. The molecule has 0 amide bonds. The first-order valence-electron chi connectivity index (χ1n) is 3.75. The first-order valence-corrected chi connectivity index (χ1v) is 4.28. The maximum absolute atomic E-state index is 10.4. The molecule has 80 valence electrons. The van der Waals surface area contributed by atoms with Crippen LogP contribution < -0.4 is 5.73 Å². The Hall–Kier alpha value is -1.27. The highest BCUT2D eigenvalue weighted by atomic mass is 35.5. The van der Waals surface area contributed by atoms with Gasteiger partial charge in [-0.2, -0.15) is 0 Å². The van der Waals surface area contributed by atoms with Crippen LogP contribution in [0.4, 0.5) is 0 Å². The van der Waals surface area contributed by atoms with Crippen LogP contribution in [0, 0.1) is 10.1 Å². The Balaban J connectivity index is 4.44. The molecule has 7 heteroatoms. The smallest absolute Gasteiger partial charge is 0.315 e. The molecule has 0 heterocycles. The van der Waals surface area contributed by atoms with Gasteiger partial charge in [0.15, 0.2) is 0 Å². The minimum Gasteiger partial charge on any atom is -0.402 e. The van der Waals surface area contributed by atoms with Gasteiger partial charge in [0.25, 0.3) is 0 Å². The van der Waals surface area contributed by atoms with Gasteiger partial charge in [-0.3, -0.25) is 0 Å². The van der Waals surface area contributed by atoms with Crippen molar-refractivity contribution in [3.8, 4) is 0 Å². The zero-order valence-electron chi connectivity index (χ0n) is 7.47. The fourth-order valence-electron chi connectivity index (χ4n) is 0.737. The van der Waals surface area contributed by atoms with Crippen LogP contribution in [0.3, 0.4) is 0 Å². The summed E-state index contributed by atoms with van der Waals surface area (Å²) in [7, 11) is 0. The Morgan fingerprint density at radius 3 is 2.79 bits per heavy atom. The first-order chi connectivity index (χ1) is 6.52. The molecule has 0 spiro atoms. The van der Waals surface area contributed by atoms with E-state index in [1.54, 1.807) is 0 Å². The molecule has 3 N–H and O–H groups in total. The summed E-state index contributed by atoms with van der Waals surface area (Å²) in [6, 6.07) is 0. The molecule has 0 aromatic rings. The average Bonchev–Trinajstić information content (AvgIpc) is 2.15. The quantitative estimate of drug-likeness (QED) is 0.376. The molecule has 0 aliphatic heterocycles. The fraction of sp³-hybridized carbons (Fsp3) is 0.429. The second kappa shape index (κ2) is 6.22. The van der Waals surface area contributed by atoms with Gasteiger partial charge < -0.3 is 21.0 Å². The molecule has 14 heavy (non-hydrogen) atoms. The van der Waals surface area contributed by atoms with Crippen LogP contribution in [0.25, 0.3) is 0 Å². The standard InChI is InChI=1S/C7H12ClN3O3/c1-6(11(13)14)10(3-2-9)5-7(12)4-8/h2-3,7,12H,1,4-5,9H2/b3-2-. The van der Waals surface area contributed by atoms with Crippen molar-refractivity contribution >= 4 is 11.6 Å². The molecule has 0 radical (unpaired) electrons. The normalized spacial score (nSPS) is 12.7. The van der Waals surface area contributed by atoms with Crippen molar-refractivity contribution in [1.82, 2.24) is 4.90 Å². The van der Waals surface area contributed by atoms with E-state index >= 15 is 0 Å². The van der Waals surface area contributed by atoms with Crippen LogP contribution in [-0.2, 0) is 0 Å². The highest BCUT2D eigenvalue weighted by molar-refractivity contribution is 6.18. The largest absolute Gasteiger partial charge is 0.402 e. The Morgan fingerprint density at radius 1 is 1.86 bits per heavy atom. The van der Waals surface area contributed by atoms with Gasteiger partial charge in [-0.15, -0.1) is 11.6 Å². The molecule has 6 nitrogen and oxygen atoms in total. The van der Waals surface area contributed by atoms with Gasteiger partial charge in [0.05, 0.1) is 5.88 Å². The van der Waals surface area contributed by atoms with Crippen molar-refractivity contribution in [1.29, 1.82) is 0 Å². The summed E-state index contributed by atoms with van der Waals surface area (Å²) in [5.74, 6) is -0.379. The highest BCUT2D eigenvalue weighted by Crippen LogP contribution is 2.05. The number of aliphatic hydroxyl groups is 1. The second-order valence-corrected chi connectivity index (χ2v) is 2.78. The van der Waals surface area contributed by atoms with E-state index in [2.05, 4.69) is 6.58 Å². The first kappa shape index (κ1) is 12.7. The van der Waals surface area contributed by atoms with E-state index in [4.69, 9.17) is 17.3 Å². The lowest BCUT2D eigenvalue weighted by Gasteiger charge is -2.15. The zero-order valence-corrected chi connectivity index (χ0v) is 8.22. The van der Waals surface area contributed by atoms with Crippen molar-refractivity contribution in [3.05, 3.63) is 34.9 Å². The monoisotopic (exact) mass is 221 g/mol. The topological polar surface area (TPSA) is 92.6 Å². The van der Waals surface area contributed by atoms with Crippen molar-refractivity contribution in [2.45, 2.75) is 6.10 Å². The van der Waals surface area contributed by atoms with Gasteiger partial charge in [-0.05, 0) is 11.5 Å². The number of alkyl halides is 1. The number of rotatable bonds is 6. The number of aliphatic hydroxyl groups excluding tert-OH is 1. The van der Waals surface area contributed by atoms with Crippen LogP contribution >= 0.6 is 11.6 Å². The number of hydrogen-bond acceptors (Lipinski definition) is 5. The predicted octanol–water partition coefficient (Wildman–Crippen LogP) is 0.0659. The zero-order chi connectivity index (χ0) is 11.1. The highest BCUT2D eigenvalue weighted by Gasteiger charge is 2.19. The molecule has 0 rings (SSSR count). The minimum absolute atomic E-state index is 0.0140. The summed E-state index contributed by atoms with van der Waals surface area (Å²) in [6.07, 6.45) is 1.50.